The Hall–Kier alpha value is -2.00. The second-order valence-electron chi connectivity index (χ2n) is 5.25. The molecule has 2 rings (SSSR count). The monoisotopic (exact) mass is 317 g/mol. The fourth-order valence-electron chi connectivity index (χ4n) is 2.29. The van der Waals surface area contributed by atoms with E-state index in [1.54, 1.807) is 25.3 Å². The summed E-state index contributed by atoms with van der Waals surface area (Å²) < 4.78 is 5.26. The van der Waals surface area contributed by atoms with Crippen LogP contribution in [-0.4, -0.2) is 19.6 Å². The maximum Gasteiger partial charge on any atom is 0.224 e. The fraction of sp³-hybridized carbons (Fsp3) is 0.278. The second-order valence-corrected chi connectivity index (χ2v) is 5.69. The molecule has 1 N–H and O–H groups in total. The molecule has 0 fully saturated rings. The zero-order valence-corrected chi connectivity index (χ0v) is 13.6. The number of amides is 1. The van der Waals surface area contributed by atoms with Crippen molar-refractivity contribution in [1.29, 1.82) is 0 Å². The maximum absolute atomic E-state index is 12.1. The highest BCUT2D eigenvalue weighted by Gasteiger charge is 2.11. The molecule has 22 heavy (non-hydrogen) atoms. The van der Waals surface area contributed by atoms with Crippen molar-refractivity contribution in [2.24, 2.45) is 0 Å². The molecular formula is C18H20ClNO2. The quantitative estimate of drug-likeness (QED) is 0.879. The molecule has 0 saturated carbocycles. The van der Waals surface area contributed by atoms with Crippen LogP contribution < -0.4 is 10.1 Å². The Bertz CT molecular complexity index is 628. The topological polar surface area (TPSA) is 38.3 Å². The molecule has 4 heteroatoms. The fourth-order valence-corrected chi connectivity index (χ4v) is 2.48. The first-order valence-electron chi connectivity index (χ1n) is 7.24. The molecule has 0 aliphatic rings. The smallest absolute Gasteiger partial charge is 0.224 e. The second kappa shape index (κ2) is 7.85. The average molecular weight is 318 g/mol. The number of halogens is 1. The zero-order chi connectivity index (χ0) is 15.9. The Labute approximate surface area is 136 Å². The third kappa shape index (κ3) is 4.50. The van der Waals surface area contributed by atoms with E-state index in [9.17, 15) is 4.79 Å². The third-order valence-electron chi connectivity index (χ3n) is 3.57. The minimum atomic E-state index is -0.0386. The number of carbonyl (C=O) groups excluding carboxylic acids is 1. The highest BCUT2D eigenvalue weighted by Crippen LogP contribution is 2.23. The summed E-state index contributed by atoms with van der Waals surface area (Å²) in [6.45, 7) is 2.70. The number of benzene rings is 2. The molecular weight excluding hydrogens is 298 g/mol. The normalized spacial score (nSPS) is 11.8. The van der Waals surface area contributed by atoms with Gasteiger partial charge in [-0.2, -0.15) is 0 Å². The number of methoxy groups -OCH3 is 1. The molecule has 2 aromatic rings. The molecule has 0 aliphatic heterocycles. The lowest BCUT2D eigenvalue weighted by Gasteiger charge is -2.14. The van der Waals surface area contributed by atoms with Gasteiger partial charge >= 0.3 is 0 Å². The van der Waals surface area contributed by atoms with Gasteiger partial charge in [-0.15, -0.1) is 0 Å². The molecule has 0 saturated heterocycles. The molecule has 0 aromatic heterocycles. The molecule has 0 aliphatic carbocycles. The van der Waals surface area contributed by atoms with Crippen LogP contribution in [0.25, 0.3) is 0 Å². The van der Waals surface area contributed by atoms with Crippen molar-refractivity contribution in [2.75, 3.05) is 13.7 Å². The largest absolute Gasteiger partial charge is 0.496 e. The Morgan fingerprint density at radius 3 is 2.64 bits per heavy atom. The summed E-state index contributed by atoms with van der Waals surface area (Å²) in [5.41, 5.74) is 2.00. The average Bonchev–Trinajstić information content (AvgIpc) is 2.53. The van der Waals surface area contributed by atoms with Crippen LogP contribution in [0.5, 0.6) is 5.75 Å². The van der Waals surface area contributed by atoms with Gasteiger partial charge in [-0.1, -0.05) is 48.9 Å². The van der Waals surface area contributed by atoms with Crippen molar-refractivity contribution in [3.8, 4) is 5.75 Å². The summed E-state index contributed by atoms with van der Waals surface area (Å²) in [4.78, 5) is 12.1. The summed E-state index contributed by atoms with van der Waals surface area (Å²) in [5, 5.41) is 3.56. The predicted molar refractivity (Wildman–Crippen MR) is 89.6 cm³/mol. The molecule has 0 bridgehead atoms. The SMILES string of the molecule is COc1ccc(Cl)cc1CC(=O)NC[C@@H](C)c1ccccc1. The molecule has 0 radical (unpaired) electrons. The number of nitrogens with one attached hydrogen (secondary N) is 1. The summed E-state index contributed by atoms with van der Waals surface area (Å²) in [7, 11) is 1.59. The highest BCUT2D eigenvalue weighted by molar-refractivity contribution is 6.30. The van der Waals surface area contributed by atoms with Crippen LogP contribution >= 0.6 is 11.6 Å². The number of hydrogen-bond donors (Lipinski definition) is 1. The Kier molecular flexibility index (Phi) is 5.84. The van der Waals surface area contributed by atoms with Gasteiger partial charge < -0.3 is 10.1 Å². The minimum absolute atomic E-state index is 0.0386. The van der Waals surface area contributed by atoms with Crippen molar-refractivity contribution in [2.45, 2.75) is 19.3 Å². The third-order valence-corrected chi connectivity index (χ3v) is 3.80. The van der Waals surface area contributed by atoms with Crippen LogP contribution in [0.1, 0.15) is 24.0 Å². The minimum Gasteiger partial charge on any atom is -0.496 e. The number of rotatable bonds is 6. The molecule has 2 aromatic carbocycles. The van der Waals surface area contributed by atoms with E-state index in [1.165, 1.54) is 5.56 Å². The first-order chi connectivity index (χ1) is 10.6. The first kappa shape index (κ1) is 16.4. The summed E-state index contributed by atoms with van der Waals surface area (Å²) in [6, 6.07) is 15.4. The van der Waals surface area contributed by atoms with E-state index >= 15 is 0 Å². The van der Waals surface area contributed by atoms with E-state index in [0.717, 1.165) is 5.56 Å². The lowest BCUT2D eigenvalue weighted by atomic mass is 10.0. The molecule has 116 valence electrons. The van der Waals surface area contributed by atoms with Crippen molar-refractivity contribution in [3.05, 3.63) is 64.7 Å². The Morgan fingerprint density at radius 1 is 1.23 bits per heavy atom. The van der Waals surface area contributed by atoms with Crippen molar-refractivity contribution in [3.63, 3.8) is 0 Å². The molecule has 1 amide bonds. The van der Waals surface area contributed by atoms with Gasteiger partial charge in [-0.25, -0.2) is 0 Å². The van der Waals surface area contributed by atoms with E-state index in [2.05, 4.69) is 24.4 Å². The molecule has 0 heterocycles. The first-order valence-corrected chi connectivity index (χ1v) is 7.62. The maximum atomic E-state index is 12.1. The lowest BCUT2D eigenvalue weighted by molar-refractivity contribution is -0.120. The lowest BCUT2D eigenvalue weighted by Crippen LogP contribution is -2.29. The van der Waals surface area contributed by atoms with Crippen LogP contribution in [0.15, 0.2) is 48.5 Å². The van der Waals surface area contributed by atoms with Crippen LogP contribution in [0.4, 0.5) is 0 Å². The number of carbonyl (C=O) groups is 1. The highest BCUT2D eigenvalue weighted by atomic mass is 35.5. The molecule has 3 nitrogen and oxygen atoms in total. The van der Waals surface area contributed by atoms with Crippen molar-refractivity contribution >= 4 is 17.5 Å². The molecule has 0 unspecified atom stereocenters. The van der Waals surface area contributed by atoms with Gasteiger partial charge in [-0.3, -0.25) is 4.79 Å². The van der Waals surface area contributed by atoms with Gasteiger partial charge in [0.25, 0.3) is 0 Å². The van der Waals surface area contributed by atoms with E-state index in [0.29, 0.717) is 17.3 Å². The van der Waals surface area contributed by atoms with Gasteiger partial charge in [0.05, 0.1) is 13.5 Å². The van der Waals surface area contributed by atoms with Crippen LogP contribution in [0.3, 0.4) is 0 Å². The molecule has 1 atom stereocenters. The summed E-state index contributed by atoms with van der Waals surface area (Å²) in [5.74, 6) is 0.908. The summed E-state index contributed by atoms with van der Waals surface area (Å²) >= 11 is 5.98. The van der Waals surface area contributed by atoms with Gasteiger partial charge in [-0.05, 0) is 29.7 Å². The predicted octanol–water partition coefficient (Wildman–Crippen LogP) is 3.81. The van der Waals surface area contributed by atoms with E-state index in [4.69, 9.17) is 16.3 Å². The number of ether oxygens (including phenoxy) is 1. The van der Waals surface area contributed by atoms with Gasteiger partial charge in [0.1, 0.15) is 5.75 Å². The van der Waals surface area contributed by atoms with Gasteiger partial charge in [0, 0.05) is 17.1 Å². The zero-order valence-electron chi connectivity index (χ0n) is 12.8. The number of hydrogen-bond acceptors (Lipinski definition) is 2. The van der Waals surface area contributed by atoms with E-state index < -0.39 is 0 Å². The van der Waals surface area contributed by atoms with Crippen molar-refractivity contribution in [1.82, 2.24) is 5.32 Å². The standard InChI is InChI=1S/C18H20ClNO2/c1-13(14-6-4-3-5-7-14)12-20-18(21)11-15-10-16(19)8-9-17(15)22-2/h3-10,13H,11-12H2,1-2H3,(H,20,21)/t13-/m1/s1. The van der Waals surface area contributed by atoms with Crippen molar-refractivity contribution < 1.29 is 9.53 Å². The van der Waals surface area contributed by atoms with Gasteiger partial charge in [0.2, 0.25) is 5.91 Å². The van der Waals surface area contributed by atoms with Crippen LogP contribution in [-0.2, 0) is 11.2 Å². The Balaban J connectivity index is 1.92. The van der Waals surface area contributed by atoms with E-state index in [1.807, 2.05) is 18.2 Å². The summed E-state index contributed by atoms with van der Waals surface area (Å²) in [6.07, 6.45) is 0.255. The van der Waals surface area contributed by atoms with E-state index in [-0.39, 0.29) is 18.2 Å². The molecule has 0 spiro atoms. The Morgan fingerprint density at radius 2 is 1.95 bits per heavy atom. The van der Waals surface area contributed by atoms with Crippen LogP contribution in [0.2, 0.25) is 5.02 Å². The van der Waals surface area contributed by atoms with Gasteiger partial charge in [0.15, 0.2) is 0 Å². The van der Waals surface area contributed by atoms with Crippen LogP contribution in [0, 0.1) is 0 Å².